The van der Waals surface area contributed by atoms with E-state index in [0.717, 1.165) is 163 Å². The number of aromatic nitrogens is 24. The van der Waals surface area contributed by atoms with Crippen molar-refractivity contribution in [3.63, 3.8) is 0 Å². The normalized spacial score (nSPS) is 16.5. The second kappa shape index (κ2) is 34.6. The fourth-order valence-corrected chi connectivity index (χ4v) is 16.5. The number of piperidine rings is 2. The summed E-state index contributed by atoms with van der Waals surface area (Å²) in [4.78, 5) is 161. The quantitative estimate of drug-likeness (QED) is 0.0391. The predicted octanol–water partition coefficient (Wildman–Crippen LogP) is 2.49. The summed E-state index contributed by atoms with van der Waals surface area (Å²) in [5.41, 5.74) is 16.7. The number of benzene rings is 4. The molecule has 616 valence electrons. The van der Waals surface area contributed by atoms with E-state index in [9.17, 15) is 43.2 Å². The monoisotopic (exact) mass is 1620 g/mol. The fraction of sp³-hybridized carbons (Fsp3) is 0.443. The van der Waals surface area contributed by atoms with Gasteiger partial charge in [-0.3, -0.25) is 59.0 Å². The van der Waals surface area contributed by atoms with Crippen molar-refractivity contribution in [3.05, 3.63) is 188 Å². The number of aromatic amines is 6. The van der Waals surface area contributed by atoms with Crippen LogP contribution >= 0.6 is 0 Å². The largest absolute Gasteiger partial charge is 0.349 e. The highest BCUT2D eigenvalue weighted by Crippen LogP contribution is 2.34. The van der Waals surface area contributed by atoms with Gasteiger partial charge >= 0.3 is 22.8 Å². The molecule has 4 saturated heterocycles. The molecule has 12 aliphatic heterocycles. The van der Waals surface area contributed by atoms with Crippen molar-refractivity contribution in [2.24, 2.45) is 17.6 Å². The molecule has 2 atom stereocenters. The molecule has 9 N–H and O–H groups in total. The Morgan fingerprint density at radius 1 is 0.412 bits per heavy atom. The van der Waals surface area contributed by atoms with Gasteiger partial charge in [-0.1, -0.05) is 10.4 Å². The van der Waals surface area contributed by atoms with E-state index in [4.69, 9.17) is 11.0 Å². The van der Waals surface area contributed by atoms with Crippen LogP contribution in [0, 0.1) is 78.7 Å². The lowest BCUT2D eigenvalue weighted by Crippen LogP contribution is -2.40. The van der Waals surface area contributed by atoms with E-state index in [1.165, 1.54) is 0 Å². The maximum Gasteiger partial charge on any atom is 0.349 e. The molecule has 6 aromatic rings. The first-order valence-electron chi connectivity index (χ1n) is 39.8. The molecule has 2 aromatic heterocycles. The number of hydrogen-bond acceptors (Lipinski definition) is 29. The van der Waals surface area contributed by atoms with Crippen LogP contribution in [0.25, 0.3) is 90.2 Å². The number of nitrogens with zero attached hydrogens (tertiary/aromatic N) is 23. The maximum atomic E-state index is 12.4. The third-order valence-electron chi connectivity index (χ3n) is 23.6. The minimum absolute atomic E-state index is 0.0964. The molecule has 40 heteroatoms. The standard InChI is InChI=1S/C21H23N7O3.C20H26N6O2.2C19H21N9O2/c1-12-9-15-16(10-13(12)2)28(18-17(24-15)20(30)26-21(31)25-18)8-7-27-5-3-14(4-6-27)19(29)23-11-22;1-12-9-15-16(10-13(12)2)26(8-7-25-5-3-14(11-21)4-6-25)18-17(22-15)19(27)24-20(28)23-18;2*1-10-8-12-14(9-11(10)2)28(17-15(20-12)18(29)22-19(30)21-17)7-6-27-5-3-4-13(27)16-23-25-26-24-16/h9-10,14H,3-8H2,1-2H3,(H,23,29)(H,26,30,31);9-10,14H,3-8,11,21H2,1-2H3,(H,24,27,28);2*8-9,13H,3-7H2,1-2H3,(H,22,29,30)(H,23,24,25,26)/t;;2*13-/m..10/s1. The average Bonchev–Trinajstić information content (AvgIpc) is 0.958. The zero-order chi connectivity index (χ0) is 83.6. The van der Waals surface area contributed by atoms with Crippen LogP contribution in [-0.4, -0.2) is 217 Å². The number of H-pyrrole nitrogens is 6. The van der Waals surface area contributed by atoms with Crippen molar-refractivity contribution in [2.75, 3.05) is 72.0 Å². The zero-order valence-electron chi connectivity index (χ0n) is 67.2. The second-order valence-electron chi connectivity index (χ2n) is 31.1. The van der Waals surface area contributed by atoms with Crippen LogP contribution in [0.2, 0.25) is 0 Å². The fourth-order valence-electron chi connectivity index (χ4n) is 16.5. The molecule has 0 saturated carbocycles. The Morgan fingerprint density at radius 3 is 1.01 bits per heavy atom. The van der Waals surface area contributed by atoms with E-state index < -0.39 is 45.0 Å². The van der Waals surface area contributed by atoms with Gasteiger partial charge in [0.25, 0.3) is 22.2 Å². The van der Waals surface area contributed by atoms with Gasteiger partial charge in [-0.2, -0.15) is 35.6 Å². The van der Waals surface area contributed by atoms with Crippen LogP contribution in [0.15, 0.2) is 86.9 Å². The first-order valence-corrected chi connectivity index (χ1v) is 39.8. The number of carbonyl (C=O) groups is 1. The Bertz CT molecular complexity index is 6350. The number of fused-ring (bicyclic) bond motifs is 8. The number of amides is 1. The van der Waals surface area contributed by atoms with Crippen molar-refractivity contribution in [1.29, 1.82) is 5.26 Å². The predicted molar refractivity (Wildman–Crippen MR) is 439 cm³/mol. The number of hydrogen-bond donors (Lipinski definition) is 8. The third-order valence-corrected chi connectivity index (χ3v) is 23.6. The van der Waals surface area contributed by atoms with Gasteiger partial charge in [0.1, 0.15) is 0 Å². The Balaban J connectivity index is 0.000000124. The van der Waals surface area contributed by atoms with Gasteiger partial charge in [0.2, 0.25) is 5.91 Å². The number of rotatable bonds is 16. The first-order chi connectivity index (χ1) is 57.3. The third kappa shape index (κ3) is 17.2. The number of nitrogens with two attached hydrogens (primary N) is 1. The Morgan fingerprint density at radius 2 is 0.714 bits per heavy atom. The molecule has 0 aliphatic carbocycles. The van der Waals surface area contributed by atoms with E-state index in [2.05, 4.69) is 132 Å². The minimum Gasteiger partial charge on any atom is -0.330 e. The van der Waals surface area contributed by atoms with E-state index in [1.54, 1.807) is 6.19 Å². The lowest BCUT2D eigenvalue weighted by molar-refractivity contribution is -0.125. The molecule has 4 aromatic carbocycles. The lowest BCUT2D eigenvalue weighted by atomic mass is 9.96. The Hall–Kier alpha value is -13.1. The van der Waals surface area contributed by atoms with Crippen molar-refractivity contribution >= 4 is 50.0 Å². The Kier molecular flexibility index (Phi) is 23.6. The average molecular weight is 1620 g/mol. The van der Waals surface area contributed by atoms with Crippen LogP contribution in [-0.2, 0) is 31.0 Å². The van der Waals surface area contributed by atoms with Crippen LogP contribution in [0.3, 0.4) is 0 Å². The minimum atomic E-state index is -0.694. The molecule has 0 spiro atoms. The highest BCUT2D eigenvalue weighted by atomic mass is 16.2. The highest BCUT2D eigenvalue weighted by molar-refractivity contribution is 5.84. The number of aryl methyl sites for hydroxylation is 8. The van der Waals surface area contributed by atoms with Gasteiger partial charge in [-0.25, -0.2) is 39.1 Å². The van der Waals surface area contributed by atoms with Gasteiger partial charge in [-0.05, 0) is 252 Å². The number of nitriles is 1. The molecular weight excluding hydrogens is 1530 g/mol. The summed E-state index contributed by atoms with van der Waals surface area (Å²) in [6, 6.07) is 16.2. The van der Waals surface area contributed by atoms with E-state index in [1.807, 2.05) is 116 Å². The summed E-state index contributed by atoms with van der Waals surface area (Å²) >= 11 is 0. The molecular formula is C79H91N31O9. The number of tetrazole rings is 2. The van der Waals surface area contributed by atoms with E-state index in [0.29, 0.717) is 110 Å². The second-order valence-corrected chi connectivity index (χ2v) is 31.1. The van der Waals surface area contributed by atoms with Gasteiger partial charge in [0, 0.05) is 58.3 Å². The molecule has 4 fully saturated rings. The SMILES string of the molecule is Cc1cc2nc3c(=O)[nH]c(=O)nc-3n(CCN3CCC(C(=O)NC#N)CC3)c2cc1C.Cc1cc2nc3c(=O)[nH]c(=O)nc-3n(CCN3CCC(CN)CC3)c2cc1C.Cc1cc2nc3c(=O)[nH]c(=O)nc-3n(CCN3CCC[C@@H]3c3nn[nH]n3)c2cc1C.Cc1cc2nc3c(=O)[nH]c(=O)nc-3n(CCN3CCC[C@H]3c3nn[nH]n3)c2cc1C. The van der Waals surface area contributed by atoms with Crippen LogP contribution < -0.4 is 56.0 Å². The van der Waals surface area contributed by atoms with Crippen LogP contribution in [0.4, 0.5) is 0 Å². The number of nitrogens with one attached hydrogen (secondary N) is 7. The van der Waals surface area contributed by atoms with Gasteiger partial charge < -0.3 is 33.8 Å². The van der Waals surface area contributed by atoms with Crippen molar-refractivity contribution in [3.8, 4) is 52.3 Å². The van der Waals surface area contributed by atoms with Crippen molar-refractivity contribution in [2.45, 2.75) is 145 Å². The van der Waals surface area contributed by atoms with Crippen LogP contribution in [0.1, 0.15) is 120 Å². The lowest BCUT2D eigenvalue weighted by Gasteiger charge is -2.31. The van der Waals surface area contributed by atoms with E-state index in [-0.39, 0.29) is 52.5 Å². The van der Waals surface area contributed by atoms with Crippen LogP contribution in [0.5, 0.6) is 0 Å². The summed E-state index contributed by atoms with van der Waals surface area (Å²) in [5, 5.41) is 39.8. The van der Waals surface area contributed by atoms with Gasteiger partial charge in [-0.15, -0.1) is 20.4 Å². The molecule has 119 heavy (non-hydrogen) atoms. The number of likely N-dealkylation sites (tertiary alicyclic amines) is 4. The molecule has 18 rings (SSSR count). The molecule has 0 unspecified atom stereocenters. The number of carbonyl (C=O) groups excluding carboxylic acids is 1. The highest BCUT2D eigenvalue weighted by Gasteiger charge is 2.33. The first kappa shape index (κ1) is 81.1. The molecule has 14 heterocycles. The summed E-state index contributed by atoms with van der Waals surface area (Å²) in [5.74, 6) is 2.83. The summed E-state index contributed by atoms with van der Waals surface area (Å²) in [6.45, 7) is 27.3. The molecule has 12 aliphatic rings. The Labute approximate surface area is 676 Å². The van der Waals surface area contributed by atoms with Crippen molar-refractivity contribution < 1.29 is 4.79 Å². The van der Waals surface area contributed by atoms with E-state index >= 15 is 0 Å². The topological polar surface area (TPSA) is 523 Å². The molecule has 0 bridgehead atoms. The molecule has 1 amide bonds. The summed E-state index contributed by atoms with van der Waals surface area (Å²) in [7, 11) is 0. The summed E-state index contributed by atoms with van der Waals surface area (Å²) < 4.78 is 7.70. The molecule has 40 nitrogen and oxygen atoms in total. The van der Waals surface area contributed by atoms with Crippen molar-refractivity contribution in [1.82, 2.24) is 144 Å². The van der Waals surface area contributed by atoms with Gasteiger partial charge in [0.05, 0.1) is 56.2 Å². The smallest absolute Gasteiger partial charge is 0.330 e. The van der Waals surface area contributed by atoms with Gasteiger partial charge in [0.15, 0.2) is 63.9 Å². The summed E-state index contributed by atoms with van der Waals surface area (Å²) in [6.07, 6.45) is 9.28. The maximum absolute atomic E-state index is 12.4. The molecule has 0 radical (unpaired) electrons. The zero-order valence-corrected chi connectivity index (χ0v) is 67.2.